The fourth-order valence-corrected chi connectivity index (χ4v) is 5.69. The predicted molar refractivity (Wildman–Crippen MR) is 113 cm³/mol. The molecular formula is C23H33NO3S. The number of hydrogen-bond donors (Lipinski definition) is 1. The molecule has 0 unspecified atom stereocenters. The number of carbonyl (C=O) groups excluding carboxylic acids is 1. The lowest BCUT2D eigenvalue weighted by Crippen LogP contribution is -2.36. The van der Waals surface area contributed by atoms with Crippen LogP contribution in [0, 0.1) is 17.3 Å². The largest absolute Gasteiger partial charge is 0.374 e. The third kappa shape index (κ3) is 5.19. The molecule has 1 aromatic carbocycles. The second-order valence-corrected chi connectivity index (χ2v) is 9.79. The Bertz CT molecular complexity index is 674. The SMILES string of the molecule is CN(O)C(=O)C(C)(C)CCC=CC[C@@H]1[C@H](CSc2ccccc2)[C@@H]2CC[C@H]1O2. The maximum absolute atomic E-state index is 12.0. The second-order valence-electron chi connectivity index (χ2n) is 8.70. The molecule has 28 heavy (non-hydrogen) atoms. The molecule has 2 aliphatic heterocycles. The quantitative estimate of drug-likeness (QED) is 0.267. The molecule has 2 aliphatic rings. The van der Waals surface area contributed by atoms with Crippen LogP contribution in [0.3, 0.4) is 0 Å². The first-order chi connectivity index (χ1) is 13.4. The van der Waals surface area contributed by atoms with E-state index in [1.54, 1.807) is 0 Å². The van der Waals surface area contributed by atoms with E-state index in [0.717, 1.165) is 25.0 Å². The zero-order chi connectivity index (χ0) is 20.1. The smallest absolute Gasteiger partial charge is 0.251 e. The highest BCUT2D eigenvalue weighted by molar-refractivity contribution is 7.99. The number of nitrogens with zero attached hydrogens (tertiary/aromatic N) is 1. The Morgan fingerprint density at radius 1 is 1.21 bits per heavy atom. The van der Waals surface area contributed by atoms with Crippen molar-refractivity contribution < 1.29 is 14.7 Å². The molecule has 4 atom stereocenters. The van der Waals surface area contributed by atoms with Crippen LogP contribution in [0.25, 0.3) is 0 Å². The molecule has 1 amide bonds. The summed E-state index contributed by atoms with van der Waals surface area (Å²) in [5, 5.41) is 10.1. The van der Waals surface area contributed by atoms with Crippen molar-refractivity contribution in [2.45, 2.75) is 63.1 Å². The number of rotatable bonds is 9. The molecule has 2 fully saturated rings. The number of hydrogen-bond acceptors (Lipinski definition) is 4. The van der Waals surface area contributed by atoms with Gasteiger partial charge in [0, 0.05) is 29.0 Å². The van der Waals surface area contributed by atoms with Gasteiger partial charge in [0.25, 0.3) is 5.91 Å². The molecule has 0 saturated carbocycles. The Hall–Kier alpha value is -1.30. The minimum Gasteiger partial charge on any atom is -0.374 e. The Kier molecular flexibility index (Phi) is 7.24. The van der Waals surface area contributed by atoms with Gasteiger partial charge in [-0.15, -0.1) is 11.8 Å². The molecule has 2 heterocycles. The van der Waals surface area contributed by atoms with Crippen molar-refractivity contribution in [3.63, 3.8) is 0 Å². The maximum atomic E-state index is 12.0. The fourth-order valence-electron chi connectivity index (χ4n) is 4.50. The van der Waals surface area contributed by atoms with E-state index >= 15 is 0 Å². The van der Waals surface area contributed by atoms with E-state index in [1.165, 1.54) is 24.8 Å². The molecule has 3 rings (SSSR count). The zero-order valence-corrected chi connectivity index (χ0v) is 18.0. The van der Waals surface area contributed by atoms with Crippen molar-refractivity contribution in [2.24, 2.45) is 17.3 Å². The van der Waals surface area contributed by atoms with E-state index in [1.807, 2.05) is 25.6 Å². The van der Waals surface area contributed by atoms with Crippen LogP contribution in [0.5, 0.6) is 0 Å². The number of amides is 1. The Balaban J connectivity index is 1.48. The summed E-state index contributed by atoms with van der Waals surface area (Å²) < 4.78 is 6.23. The van der Waals surface area contributed by atoms with E-state index in [4.69, 9.17) is 4.74 Å². The van der Waals surface area contributed by atoms with Crippen molar-refractivity contribution in [3.8, 4) is 0 Å². The third-order valence-electron chi connectivity index (χ3n) is 6.16. The Morgan fingerprint density at radius 3 is 2.57 bits per heavy atom. The monoisotopic (exact) mass is 403 g/mol. The highest BCUT2D eigenvalue weighted by Crippen LogP contribution is 2.47. The summed E-state index contributed by atoms with van der Waals surface area (Å²) in [6.07, 6.45) is 10.3. The number of hydroxylamine groups is 2. The van der Waals surface area contributed by atoms with Gasteiger partial charge in [0.05, 0.1) is 12.2 Å². The highest BCUT2D eigenvalue weighted by atomic mass is 32.2. The number of thioether (sulfide) groups is 1. The first-order valence-electron chi connectivity index (χ1n) is 10.3. The first kappa shape index (κ1) is 21.4. The van der Waals surface area contributed by atoms with Crippen LogP contribution in [-0.2, 0) is 9.53 Å². The molecule has 2 bridgehead atoms. The van der Waals surface area contributed by atoms with Gasteiger partial charge in [-0.25, -0.2) is 5.06 Å². The predicted octanol–water partition coefficient (Wildman–Crippen LogP) is 5.17. The summed E-state index contributed by atoms with van der Waals surface area (Å²) >= 11 is 1.94. The van der Waals surface area contributed by atoms with Gasteiger partial charge in [-0.1, -0.05) is 44.2 Å². The normalized spacial score (nSPS) is 26.9. The molecule has 0 spiro atoms. The highest BCUT2D eigenvalue weighted by Gasteiger charge is 2.47. The van der Waals surface area contributed by atoms with E-state index in [0.29, 0.717) is 29.1 Å². The van der Waals surface area contributed by atoms with Crippen LogP contribution in [0.1, 0.15) is 46.0 Å². The minimum absolute atomic E-state index is 0.236. The zero-order valence-electron chi connectivity index (χ0n) is 17.2. The number of allylic oxidation sites excluding steroid dienone is 2. The standard InChI is InChI=1S/C23H33NO3S/c1-23(2,22(25)24(3)26)15-9-5-8-12-18-19(21-14-13-20(18)27-21)16-28-17-10-6-4-7-11-17/h4-8,10-11,18-21,26H,9,12-16H2,1-3H3/t18-,19+,20-,21+/m1/s1. The number of benzene rings is 1. The van der Waals surface area contributed by atoms with E-state index < -0.39 is 5.41 Å². The fraction of sp³-hybridized carbons (Fsp3) is 0.609. The summed E-state index contributed by atoms with van der Waals surface area (Å²) in [6.45, 7) is 3.77. The molecule has 0 aliphatic carbocycles. The number of fused-ring (bicyclic) bond motifs is 2. The second kappa shape index (κ2) is 9.47. The molecule has 154 valence electrons. The minimum atomic E-state index is -0.543. The molecule has 2 saturated heterocycles. The van der Waals surface area contributed by atoms with E-state index in [2.05, 4.69) is 42.5 Å². The summed E-state index contributed by atoms with van der Waals surface area (Å²) in [5.74, 6) is 2.10. The third-order valence-corrected chi connectivity index (χ3v) is 7.32. The lowest BCUT2D eigenvalue weighted by molar-refractivity contribution is -0.169. The molecule has 1 N–H and O–H groups in total. The summed E-state index contributed by atoms with van der Waals surface area (Å²) in [6, 6.07) is 10.6. The van der Waals surface area contributed by atoms with Crippen molar-refractivity contribution in [1.29, 1.82) is 0 Å². The van der Waals surface area contributed by atoms with E-state index in [9.17, 15) is 10.0 Å². The van der Waals surface area contributed by atoms with Crippen LogP contribution in [0.2, 0.25) is 0 Å². The van der Waals surface area contributed by atoms with Gasteiger partial charge in [-0.05, 0) is 50.2 Å². The Labute approximate surface area is 173 Å². The summed E-state index contributed by atoms with van der Waals surface area (Å²) in [7, 11) is 1.39. The average Bonchev–Trinajstić information content (AvgIpc) is 3.28. The van der Waals surface area contributed by atoms with Crippen LogP contribution in [0.4, 0.5) is 0 Å². The molecule has 4 nitrogen and oxygen atoms in total. The van der Waals surface area contributed by atoms with Gasteiger partial charge < -0.3 is 4.74 Å². The van der Waals surface area contributed by atoms with Gasteiger partial charge in [-0.2, -0.15) is 0 Å². The number of carbonyl (C=O) groups is 1. The molecule has 1 aromatic rings. The average molecular weight is 404 g/mol. The first-order valence-corrected chi connectivity index (χ1v) is 11.3. The number of ether oxygens (including phenoxy) is 1. The van der Waals surface area contributed by atoms with Crippen molar-refractivity contribution in [2.75, 3.05) is 12.8 Å². The van der Waals surface area contributed by atoms with Gasteiger partial charge in [0.15, 0.2) is 0 Å². The Morgan fingerprint density at radius 2 is 1.89 bits per heavy atom. The van der Waals surface area contributed by atoms with Gasteiger partial charge in [-0.3, -0.25) is 10.0 Å². The van der Waals surface area contributed by atoms with Crippen LogP contribution < -0.4 is 0 Å². The van der Waals surface area contributed by atoms with Gasteiger partial charge in [0.2, 0.25) is 0 Å². The molecule has 0 aromatic heterocycles. The summed E-state index contributed by atoms with van der Waals surface area (Å²) in [4.78, 5) is 13.3. The maximum Gasteiger partial charge on any atom is 0.251 e. The van der Waals surface area contributed by atoms with Crippen molar-refractivity contribution in [1.82, 2.24) is 5.06 Å². The molecule has 0 radical (unpaired) electrons. The van der Waals surface area contributed by atoms with Crippen molar-refractivity contribution in [3.05, 3.63) is 42.5 Å². The van der Waals surface area contributed by atoms with E-state index in [-0.39, 0.29) is 5.91 Å². The van der Waals surface area contributed by atoms with Crippen LogP contribution in [0.15, 0.2) is 47.4 Å². The lowest BCUT2D eigenvalue weighted by atomic mass is 9.78. The van der Waals surface area contributed by atoms with Crippen LogP contribution in [-0.4, -0.2) is 41.2 Å². The van der Waals surface area contributed by atoms with Gasteiger partial charge >= 0.3 is 0 Å². The lowest BCUT2D eigenvalue weighted by Gasteiger charge is -2.27. The van der Waals surface area contributed by atoms with Gasteiger partial charge in [0.1, 0.15) is 0 Å². The van der Waals surface area contributed by atoms with Crippen molar-refractivity contribution >= 4 is 17.7 Å². The summed E-state index contributed by atoms with van der Waals surface area (Å²) in [5.41, 5.74) is -0.543. The molecule has 5 heteroatoms. The topological polar surface area (TPSA) is 49.8 Å². The molecular weight excluding hydrogens is 370 g/mol. The van der Waals surface area contributed by atoms with Crippen LogP contribution >= 0.6 is 11.8 Å².